The van der Waals surface area contributed by atoms with Gasteiger partial charge >= 0.3 is 0 Å². The summed E-state index contributed by atoms with van der Waals surface area (Å²) in [5.41, 5.74) is 1.05. The molecule has 25 heavy (non-hydrogen) atoms. The maximum atomic E-state index is 11.5. The molecule has 1 aromatic heterocycles. The number of pyridine rings is 1. The number of amides is 2. The van der Waals surface area contributed by atoms with Gasteiger partial charge in [-0.2, -0.15) is 0 Å². The zero-order valence-electron chi connectivity index (χ0n) is 14.3. The Morgan fingerprint density at radius 2 is 1.56 bits per heavy atom. The van der Waals surface area contributed by atoms with Crippen molar-refractivity contribution in [3.8, 4) is 0 Å². The first kappa shape index (κ1) is 17.1. The van der Waals surface area contributed by atoms with E-state index in [4.69, 9.17) is 0 Å². The first-order chi connectivity index (χ1) is 12.2. The van der Waals surface area contributed by atoms with Crippen LogP contribution in [0, 0.1) is 0 Å². The molecule has 0 atom stereocenters. The van der Waals surface area contributed by atoms with Gasteiger partial charge < -0.3 is 10.2 Å². The number of hydrogen-bond donors (Lipinski definition) is 1. The van der Waals surface area contributed by atoms with Gasteiger partial charge in [0.1, 0.15) is 5.82 Å². The number of piperazine rings is 1. The number of nitrogens with one attached hydrogen (secondary N) is 1. The van der Waals surface area contributed by atoms with Crippen LogP contribution in [0.3, 0.4) is 0 Å². The molecule has 0 saturated carbocycles. The molecule has 130 valence electrons. The fourth-order valence-corrected chi connectivity index (χ4v) is 2.96. The quantitative estimate of drug-likeness (QED) is 0.846. The molecule has 2 aliphatic heterocycles. The fourth-order valence-electron chi connectivity index (χ4n) is 2.96. The molecule has 3 heterocycles. The zero-order chi connectivity index (χ0) is 17.6. The minimum Gasteiger partial charge on any atom is -0.354 e. The lowest BCUT2D eigenvalue weighted by molar-refractivity contribution is 0.0663. The highest BCUT2D eigenvalue weighted by Gasteiger charge is 2.33. The third-order valence-corrected chi connectivity index (χ3v) is 4.28. The van der Waals surface area contributed by atoms with E-state index in [2.05, 4.69) is 21.3 Å². The molecule has 1 aromatic carbocycles. The molecule has 1 N–H and O–H groups in total. The Balaban J connectivity index is 0.000000146. The van der Waals surface area contributed by atoms with Gasteiger partial charge in [0, 0.05) is 38.9 Å². The molecule has 2 aromatic rings. The summed E-state index contributed by atoms with van der Waals surface area (Å²) >= 11 is 0. The predicted octanol–water partition coefficient (Wildman–Crippen LogP) is 1.79. The van der Waals surface area contributed by atoms with Crippen LogP contribution in [0.1, 0.15) is 27.6 Å². The van der Waals surface area contributed by atoms with Crippen LogP contribution in [0.25, 0.3) is 0 Å². The largest absolute Gasteiger partial charge is 0.354 e. The average Bonchev–Trinajstić information content (AvgIpc) is 2.94. The van der Waals surface area contributed by atoms with Gasteiger partial charge in [0.25, 0.3) is 11.8 Å². The second-order valence-corrected chi connectivity index (χ2v) is 5.83. The molecule has 6 heteroatoms. The Morgan fingerprint density at radius 3 is 2.08 bits per heavy atom. The van der Waals surface area contributed by atoms with E-state index >= 15 is 0 Å². The van der Waals surface area contributed by atoms with Gasteiger partial charge in [0.2, 0.25) is 0 Å². The molecule has 0 bridgehead atoms. The number of fused-ring (bicyclic) bond motifs is 1. The van der Waals surface area contributed by atoms with Crippen LogP contribution in [-0.4, -0.2) is 54.4 Å². The topological polar surface area (TPSA) is 65.5 Å². The van der Waals surface area contributed by atoms with Crippen LogP contribution >= 0.6 is 0 Å². The molecule has 2 aliphatic rings. The monoisotopic (exact) mass is 338 g/mol. The number of aromatic nitrogens is 1. The van der Waals surface area contributed by atoms with Crippen molar-refractivity contribution in [1.82, 2.24) is 15.2 Å². The summed E-state index contributed by atoms with van der Waals surface area (Å²) in [5.74, 6) is 0.741. The molecule has 1 fully saturated rings. The summed E-state index contributed by atoms with van der Waals surface area (Å²) in [5, 5.41) is 3.32. The highest BCUT2D eigenvalue weighted by Crippen LogP contribution is 2.21. The van der Waals surface area contributed by atoms with E-state index in [9.17, 15) is 9.59 Å². The second-order valence-electron chi connectivity index (χ2n) is 5.83. The van der Waals surface area contributed by atoms with Gasteiger partial charge in [-0.3, -0.25) is 14.5 Å². The van der Waals surface area contributed by atoms with Crippen LogP contribution in [0.15, 0.2) is 48.7 Å². The molecule has 2 amide bonds. The van der Waals surface area contributed by atoms with Crippen LogP contribution in [0.4, 0.5) is 5.82 Å². The van der Waals surface area contributed by atoms with Gasteiger partial charge in [0.15, 0.2) is 0 Å². The van der Waals surface area contributed by atoms with E-state index in [0.29, 0.717) is 17.7 Å². The molecule has 6 nitrogen and oxygen atoms in total. The Morgan fingerprint density at radius 1 is 0.960 bits per heavy atom. The standard InChI is InChI=1S/C10H9NO2.C9H13N3/c1-2-11-9(12)7-5-3-4-6-8(7)10(11)13;1-2-4-11-9(3-1)12-7-5-10-6-8-12/h3-6H,2H2,1H3;1-4,10H,5-8H2. The lowest BCUT2D eigenvalue weighted by Gasteiger charge is -2.28. The van der Waals surface area contributed by atoms with Crippen molar-refractivity contribution in [3.05, 3.63) is 59.8 Å². The number of carbonyl (C=O) groups is 2. The maximum Gasteiger partial charge on any atom is 0.261 e. The highest BCUT2D eigenvalue weighted by molar-refractivity contribution is 6.21. The summed E-state index contributed by atoms with van der Waals surface area (Å²) in [6.45, 7) is 6.50. The Bertz CT molecular complexity index is 707. The van der Waals surface area contributed by atoms with Crippen molar-refractivity contribution in [2.45, 2.75) is 6.92 Å². The summed E-state index contributed by atoms with van der Waals surface area (Å²) in [6, 6.07) is 12.9. The molecule has 0 spiro atoms. The SMILES string of the molecule is CCN1C(=O)c2ccccc2C1=O.c1ccc(N2CCNCC2)nc1. The molecular formula is C19H22N4O2. The summed E-state index contributed by atoms with van der Waals surface area (Å²) in [4.78, 5) is 30.9. The Labute approximate surface area is 147 Å². The number of imide groups is 1. The predicted molar refractivity (Wildman–Crippen MR) is 96.8 cm³/mol. The number of rotatable bonds is 2. The normalized spacial score (nSPS) is 16.4. The third kappa shape index (κ3) is 3.69. The minimum atomic E-state index is -0.178. The van der Waals surface area contributed by atoms with Crippen LogP contribution in [-0.2, 0) is 0 Å². The van der Waals surface area contributed by atoms with Crippen molar-refractivity contribution in [3.63, 3.8) is 0 Å². The molecule has 0 radical (unpaired) electrons. The van der Waals surface area contributed by atoms with E-state index in [0.717, 1.165) is 32.0 Å². The van der Waals surface area contributed by atoms with E-state index in [1.165, 1.54) is 4.90 Å². The number of anilines is 1. The van der Waals surface area contributed by atoms with Crippen LogP contribution < -0.4 is 10.2 Å². The van der Waals surface area contributed by atoms with Gasteiger partial charge in [-0.05, 0) is 31.2 Å². The van der Waals surface area contributed by atoms with Crippen LogP contribution in [0.5, 0.6) is 0 Å². The van der Waals surface area contributed by atoms with Crippen molar-refractivity contribution in [2.24, 2.45) is 0 Å². The maximum absolute atomic E-state index is 11.5. The van der Waals surface area contributed by atoms with E-state index in [1.807, 2.05) is 18.3 Å². The number of benzene rings is 1. The van der Waals surface area contributed by atoms with Gasteiger partial charge in [-0.1, -0.05) is 18.2 Å². The number of nitrogens with zero attached hydrogens (tertiary/aromatic N) is 3. The van der Waals surface area contributed by atoms with Gasteiger partial charge in [-0.15, -0.1) is 0 Å². The minimum absolute atomic E-state index is 0.178. The van der Waals surface area contributed by atoms with Gasteiger partial charge in [0.05, 0.1) is 11.1 Å². The van der Waals surface area contributed by atoms with Crippen molar-refractivity contribution in [2.75, 3.05) is 37.6 Å². The third-order valence-electron chi connectivity index (χ3n) is 4.28. The summed E-state index contributed by atoms with van der Waals surface area (Å²) in [7, 11) is 0. The summed E-state index contributed by atoms with van der Waals surface area (Å²) in [6.07, 6.45) is 1.84. The first-order valence-electron chi connectivity index (χ1n) is 8.54. The zero-order valence-corrected chi connectivity index (χ0v) is 14.3. The smallest absolute Gasteiger partial charge is 0.261 e. The molecule has 4 rings (SSSR count). The highest BCUT2D eigenvalue weighted by atomic mass is 16.2. The Kier molecular flexibility index (Phi) is 5.40. The number of carbonyl (C=O) groups excluding carboxylic acids is 2. The van der Waals surface area contributed by atoms with Crippen LogP contribution in [0.2, 0.25) is 0 Å². The Hall–Kier alpha value is -2.73. The fraction of sp³-hybridized carbons (Fsp3) is 0.316. The lowest BCUT2D eigenvalue weighted by atomic mass is 10.1. The van der Waals surface area contributed by atoms with E-state index < -0.39 is 0 Å². The molecular weight excluding hydrogens is 316 g/mol. The lowest BCUT2D eigenvalue weighted by Crippen LogP contribution is -2.43. The molecule has 0 unspecified atom stereocenters. The van der Waals surface area contributed by atoms with Crippen molar-refractivity contribution >= 4 is 17.6 Å². The average molecular weight is 338 g/mol. The molecule has 0 aliphatic carbocycles. The van der Waals surface area contributed by atoms with Crippen molar-refractivity contribution < 1.29 is 9.59 Å². The summed E-state index contributed by atoms with van der Waals surface area (Å²) < 4.78 is 0. The van der Waals surface area contributed by atoms with Gasteiger partial charge in [-0.25, -0.2) is 4.98 Å². The second kappa shape index (κ2) is 7.90. The first-order valence-corrected chi connectivity index (χ1v) is 8.54. The van der Waals surface area contributed by atoms with Crippen molar-refractivity contribution in [1.29, 1.82) is 0 Å². The number of hydrogen-bond acceptors (Lipinski definition) is 5. The molecule has 1 saturated heterocycles. The van der Waals surface area contributed by atoms with E-state index in [1.54, 1.807) is 31.2 Å². The van der Waals surface area contributed by atoms with E-state index in [-0.39, 0.29) is 11.8 Å².